The minimum atomic E-state index is -0.0324. The van der Waals surface area contributed by atoms with Crippen LogP contribution in [0.1, 0.15) is 29.1 Å². The monoisotopic (exact) mass is 347 g/mol. The number of nitrogens with zero attached hydrogens (tertiary/aromatic N) is 3. The van der Waals surface area contributed by atoms with Crippen molar-refractivity contribution in [2.75, 3.05) is 0 Å². The molecule has 120 valence electrons. The maximum Gasteiger partial charge on any atom is 0.266 e. The lowest BCUT2D eigenvalue weighted by molar-refractivity contribution is 0.0695. The molecule has 0 saturated heterocycles. The highest BCUT2D eigenvalue weighted by Gasteiger charge is 2.24. The van der Waals surface area contributed by atoms with Gasteiger partial charge in [-0.1, -0.05) is 29.8 Å². The van der Waals surface area contributed by atoms with E-state index in [9.17, 15) is 4.79 Å². The van der Waals surface area contributed by atoms with Crippen LogP contribution in [0.15, 0.2) is 36.7 Å². The van der Waals surface area contributed by atoms with Gasteiger partial charge in [-0.3, -0.25) is 9.48 Å². The fourth-order valence-electron chi connectivity index (χ4n) is 2.52. The number of fused-ring (bicyclic) bond motifs is 1. The predicted octanol–water partition coefficient (Wildman–Crippen LogP) is 4.34. The van der Waals surface area contributed by atoms with Crippen LogP contribution in [-0.2, 0) is 13.6 Å². The first-order chi connectivity index (χ1) is 11.0. The molecule has 0 radical (unpaired) electrons. The molecule has 0 aliphatic rings. The Labute approximate surface area is 144 Å². The first-order valence-corrected chi connectivity index (χ1v) is 8.62. The summed E-state index contributed by atoms with van der Waals surface area (Å²) in [6, 6.07) is 7.91. The van der Waals surface area contributed by atoms with Gasteiger partial charge in [0.25, 0.3) is 5.91 Å². The Hall–Kier alpha value is -1.85. The molecule has 3 rings (SSSR count). The van der Waals surface area contributed by atoms with Gasteiger partial charge in [0.05, 0.1) is 11.2 Å². The van der Waals surface area contributed by atoms with Gasteiger partial charge in [-0.2, -0.15) is 5.10 Å². The first-order valence-electron chi connectivity index (χ1n) is 7.43. The molecule has 0 aliphatic heterocycles. The number of rotatable bonds is 4. The van der Waals surface area contributed by atoms with Crippen molar-refractivity contribution in [2.24, 2.45) is 7.05 Å². The Morgan fingerprint density at radius 1 is 1.39 bits per heavy atom. The van der Waals surface area contributed by atoms with Gasteiger partial charge in [0.2, 0.25) is 0 Å². The van der Waals surface area contributed by atoms with Crippen molar-refractivity contribution in [1.82, 2.24) is 14.7 Å². The normalized spacial score (nSPS) is 11.3. The van der Waals surface area contributed by atoms with Crippen LogP contribution in [0.4, 0.5) is 0 Å². The summed E-state index contributed by atoms with van der Waals surface area (Å²) < 4.78 is 2.77. The van der Waals surface area contributed by atoms with E-state index >= 15 is 0 Å². The molecular formula is C17H18ClN3OS. The highest BCUT2D eigenvalue weighted by Crippen LogP contribution is 2.36. The molecule has 3 aromatic rings. The van der Waals surface area contributed by atoms with E-state index in [0.717, 1.165) is 15.6 Å². The molecular weight excluding hydrogens is 330 g/mol. The molecule has 1 aromatic carbocycles. The van der Waals surface area contributed by atoms with Gasteiger partial charge in [-0.15, -0.1) is 11.3 Å². The topological polar surface area (TPSA) is 38.1 Å². The number of aromatic nitrogens is 2. The van der Waals surface area contributed by atoms with E-state index in [1.165, 1.54) is 11.3 Å². The molecule has 6 heteroatoms. The van der Waals surface area contributed by atoms with E-state index < -0.39 is 0 Å². The first kappa shape index (κ1) is 16.0. The van der Waals surface area contributed by atoms with Gasteiger partial charge < -0.3 is 4.90 Å². The molecule has 0 unspecified atom stereocenters. The zero-order valence-corrected chi connectivity index (χ0v) is 14.9. The van der Waals surface area contributed by atoms with Gasteiger partial charge >= 0.3 is 0 Å². The molecule has 1 amide bonds. The number of aryl methyl sites for hydroxylation is 1. The van der Waals surface area contributed by atoms with Gasteiger partial charge in [0, 0.05) is 41.5 Å². The molecule has 0 atom stereocenters. The Balaban J connectivity index is 1.95. The molecule has 0 aliphatic carbocycles. The highest BCUT2D eigenvalue weighted by atomic mass is 35.5. The van der Waals surface area contributed by atoms with Crippen LogP contribution in [0.5, 0.6) is 0 Å². The third-order valence-electron chi connectivity index (χ3n) is 3.72. The summed E-state index contributed by atoms with van der Waals surface area (Å²) in [4.78, 5) is 15.4. The summed E-state index contributed by atoms with van der Waals surface area (Å²) in [5, 5.41) is 5.65. The van der Waals surface area contributed by atoms with Gasteiger partial charge in [-0.25, -0.2) is 0 Å². The lowest BCUT2D eigenvalue weighted by Crippen LogP contribution is -2.36. The van der Waals surface area contributed by atoms with Gasteiger partial charge in [0.1, 0.15) is 4.88 Å². The van der Waals surface area contributed by atoms with E-state index in [-0.39, 0.29) is 11.9 Å². The summed E-state index contributed by atoms with van der Waals surface area (Å²) in [5.74, 6) is -0.0324. The standard InChI is InChI=1S/C17H18ClN3OS/c1-11(2)21(10-12-8-19-20(3)9-12)17(22)16-15(18)13-6-4-5-7-14(13)23-16/h4-9,11H,10H2,1-3H3. The second-order valence-corrected chi connectivity index (χ2v) is 7.22. The second kappa shape index (κ2) is 6.34. The van der Waals surface area contributed by atoms with Crippen LogP contribution in [0.25, 0.3) is 10.1 Å². The minimum Gasteiger partial charge on any atom is -0.331 e. The Morgan fingerprint density at radius 2 is 2.13 bits per heavy atom. The van der Waals surface area contributed by atoms with E-state index in [2.05, 4.69) is 5.10 Å². The number of hydrogen-bond donors (Lipinski definition) is 0. The van der Waals surface area contributed by atoms with Crippen LogP contribution in [0.3, 0.4) is 0 Å². The summed E-state index contributed by atoms with van der Waals surface area (Å²) >= 11 is 7.90. The third-order valence-corrected chi connectivity index (χ3v) is 5.39. The number of benzene rings is 1. The van der Waals surface area contributed by atoms with Gasteiger partial charge in [0.15, 0.2) is 0 Å². The molecule has 0 fully saturated rings. The molecule has 23 heavy (non-hydrogen) atoms. The van der Waals surface area contributed by atoms with E-state index in [4.69, 9.17) is 11.6 Å². The van der Waals surface area contributed by atoms with E-state index in [1.54, 1.807) is 10.9 Å². The van der Waals surface area contributed by atoms with E-state index in [1.807, 2.05) is 56.3 Å². The van der Waals surface area contributed by atoms with Crippen molar-refractivity contribution < 1.29 is 4.79 Å². The maximum atomic E-state index is 13.0. The Kier molecular flexibility index (Phi) is 4.41. The molecule has 0 saturated carbocycles. The predicted molar refractivity (Wildman–Crippen MR) is 95.1 cm³/mol. The average Bonchev–Trinajstić information content (AvgIpc) is 3.08. The largest absolute Gasteiger partial charge is 0.331 e. The zero-order valence-electron chi connectivity index (χ0n) is 13.3. The molecule has 4 nitrogen and oxygen atoms in total. The van der Waals surface area contributed by atoms with Crippen LogP contribution in [0.2, 0.25) is 5.02 Å². The minimum absolute atomic E-state index is 0.0324. The number of halogens is 1. The third kappa shape index (κ3) is 3.12. The second-order valence-electron chi connectivity index (χ2n) is 5.79. The van der Waals surface area contributed by atoms with Crippen LogP contribution in [-0.4, -0.2) is 26.6 Å². The molecule has 2 aromatic heterocycles. The van der Waals surface area contributed by atoms with Crippen LogP contribution < -0.4 is 0 Å². The maximum absolute atomic E-state index is 13.0. The van der Waals surface area contributed by atoms with Crippen LogP contribution >= 0.6 is 22.9 Å². The summed E-state index contributed by atoms with van der Waals surface area (Å²) in [6.45, 7) is 4.54. The fraction of sp³-hybridized carbons (Fsp3) is 0.294. The summed E-state index contributed by atoms with van der Waals surface area (Å²) in [6.07, 6.45) is 3.71. The lowest BCUT2D eigenvalue weighted by Gasteiger charge is -2.26. The molecule has 2 heterocycles. The van der Waals surface area contributed by atoms with Crippen molar-refractivity contribution in [1.29, 1.82) is 0 Å². The average molecular weight is 348 g/mol. The number of hydrogen-bond acceptors (Lipinski definition) is 3. The lowest BCUT2D eigenvalue weighted by atomic mass is 10.2. The number of carbonyl (C=O) groups is 1. The Bertz CT molecular complexity index is 853. The molecule has 0 bridgehead atoms. The number of thiophene rings is 1. The number of amides is 1. The molecule has 0 N–H and O–H groups in total. The van der Waals surface area contributed by atoms with Crippen molar-refractivity contribution in [2.45, 2.75) is 26.4 Å². The number of carbonyl (C=O) groups excluding carboxylic acids is 1. The summed E-state index contributed by atoms with van der Waals surface area (Å²) in [5.41, 5.74) is 1.01. The zero-order chi connectivity index (χ0) is 16.6. The quantitative estimate of drug-likeness (QED) is 0.704. The van der Waals surface area contributed by atoms with E-state index in [0.29, 0.717) is 16.4 Å². The smallest absolute Gasteiger partial charge is 0.266 e. The van der Waals surface area contributed by atoms with Crippen molar-refractivity contribution in [3.8, 4) is 0 Å². The highest BCUT2D eigenvalue weighted by molar-refractivity contribution is 7.21. The van der Waals surface area contributed by atoms with Crippen molar-refractivity contribution in [3.63, 3.8) is 0 Å². The van der Waals surface area contributed by atoms with Gasteiger partial charge in [-0.05, 0) is 19.9 Å². The summed E-state index contributed by atoms with van der Waals surface area (Å²) in [7, 11) is 1.87. The Morgan fingerprint density at radius 3 is 2.74 bits per heavy atom. The fourth-order valence-corrected chi connectivity index (χ4v) is 3.99. The van der Waals surface area contributed by atoms with Crippen molar-refractivity contribution >= 4 is 38.9 Å². The van der Waals surface area contributed by atoms with Crippen LogP contribution in [0, 0.1) is 0 Å². The van der Waals surface area contributed by atoms with Crippen molar-refractivity contribution in [3.05, 3.63) is 52.1 Å². The molecule has 0 spiro atoms. The SMILES string of the molecule is CC(C)N(Cc1cnn(C)c1)C(=O)c1sc2ccccc2c1Cl.